The highest BCUT2D eigenvalue weighted by molar-refractivity contribution is 7.91. The zero-order valence-electron chi connectivity index (χ0n) is 11.5. The number of sulfone groups is 1. The Morgan fingerprint density at radius 3 is 2.57 bits per heavy atom. The number of hydrogen-bond acceptors (Lipinski definition) is 6. The molecule has 7 nitrogen and oxygen atoms in total. The number of likely N-dealkylation sites (tertiary alicyclic amines) is 1. The molecule has 4 N–H and O–H groups in total. The largest absolute Gasteiger partial charge is 0.409 e. The number of oxime groups is 1. The van der Waals surface area contributed by atoms with Crippen molar-refractivity contribution in [3.8, 4) is 0 Å². The van der Waals surface area contributed by atoms with Gasteiger partial charge in [-0.25, -0.2) is 8.42 Å². The summed E-state index contributed by atoms with van der Waals surface area (Å²) in [5.74, 6) is -0.0622. The molecule has 1 heterocycles. The highest BCUT2D eigenvalue weighted by Crippen LogP contribution is 2.14. The van der Waals surface area contributed by atoms with Gasteiger partial charge in [-0.2, -0.15) is 0 Å². The Hall–Kier alpha value is -1.64. The Kier molecular flexibility index (Phi) is 4.81. The van der Waals surface area contributed by atoms with Gasteiger partial charge < -0.3 is 16.0 Å². The fraction of sp³-hybridized carbons (Fsp3) is 0.462. The fourth-order valence-electron chi connectivity index (χ4n) is 2.27. The summed E-state index contributed by atoms with van der Waals surface area (Å²) in [6, 6.07) is 5.90. The predicted octanol–water partition coefficient (Wildman–Crippen LogP) is -0.379. The van der Waals surface area contributed by atoms with Crippen LogP contribution in [0.15, 0.2) is 34.3 Å². The average Bonchev–Trinajstić information content (AvgIpc) is 2.90. The summed E-state index contributed by atoms with van der Waals surface area (Å²) in [5.41, 5.74) is 5.89. The zero-order valence-corrected chi connectivity index (χ0v) is 12.3. The quantitative estimate of drug-likeness (QED) is 0.295. The van der Waals surface area contributed by atoms with Crippen molar-refractivity contribution in [2.24, 2.45) is 10.9 Å². The molecule has 116 valence electrons. The number of benzene rings is 1. The normalized spacial score (nSPS) is 20.8. The number of amidine groups is 1. The molecule has 2 rings (SSSR count). The molecule has 1 atom stereocenters. The number of rotatable bonds is 5. The summed E-state index contributed by atoms with van der Waals surface area (Å²) < 4.78 is 24.4. The van der Waals surface area contributed by atoms with Crippen LogP contribution in [0.1, 0.15) is 12.0 Å². The summed E-state index contributed by atoms with van der Waals surface area (Å²) in [4.78, 5) is 2.14. The van der Waals surface area contributed by atoms with Crippen LogP contribution in [-0.2, 0) is 9.84 Å². The summed E-state index contributed by atoms with van der Waals surface area (Å²) in [5, 5.41) is 20.8. The van der Waals surface area contributed by atoms with Crippen molar-refractivity contribution in [2.45, 2.75) is 17.4 Å². The lowest BCUT2D eigenvalue weighted by Gasteiger charge is -2.14. The summed E-state index contributed by atoms with van der Waals surface area (Å²) in [6.45, 7) is 1.65. The van der Waals surface area contributed by atoms with Crippen molar-refractivity contribution in [1.82, 2.24) is 4.90 Å². The number of nitrogens with two attached hydrogens (primary N) is 1. The van der Waals surface area contributed by atoms with E-state index in [1.165, 1.54) is 24.3 Å². The number of aliphatic hydroxyl groups is 1. The average molecular weight is 313 g/mol. The van der Waals surface area contributed by atoms with E-state index < -0.39 is 9.84 Å². The minimum absolute atomic E-state index is 0.00262. The van der Waals surface area contributed by atoms with Crippen LogP contribution in [0, 0.1) is 0 Å². The van der Waals surface area contributed by atoms with Gasteiger partial charge in [0, 0.05) is 25.2 Å². The molecule has 1 unspecified atom stereocenters. The van der Waals surface area contributed by atoms with Crippen LogP contribution in [-0.4, -0.2) is 61.0 Å². The Labute approximate surface area is 123 Å². The van der Waals surface area contributed by atoms with E-state index in [4.69, 9.17) is 10.9 Å². The lowest BCUT2D eigenvalue weighted by atomic mass is 10.2. The molecule has 1 fully saturated rings. The van der Waals surface area contributed by atoms with Crippen molar-refractivity contribution in [1.29, 1.82) is 0 Å². The molecular weight excluding hydrogens is 294 g/mol. The molecule has 0 radical (unpaired) electrons. The zero-order chi connectivity index (χ0) is 15.5. The van der Waals surface area contributed by atoms with E-state index in [0.717, 1.165) is 6.54 Å². The molecule has 0 bridgehead atoms. The van der Waals surface area contributed by atoms with Gasteiger partial charge in [-0.05, 0) is 30.7 Å². The van der Waals surface area contributed by atoms with Gasteiger partial charge >= 0.3 is 0 Å². The molecule has 1 aromatic rings. The second-order valence-electron chi connectivity index (χ2n) is 5.07. The van der Waals surface area contributed by atoms with Gasteiger partial charge in [0.25, 0.3) is 0 Å². The molecule has 1 aliphatic rings. The van der Waals surface area contributed by atoms with E-state index in [1.807, 2.05) is 4.90 Å². The smallest absolute Gasteiger partial charge is 0.179 e. The number of aliphatic hydroxyl groups excluding tert-OH is 1. The molecule has 0 spiro atoms. The fourth-order valence-corrected chi connectivity index (χ4v) is 3.56. The minimum Gasteiger partial charge on any atom is -0.409 e. The van der Waals surface area contributed by atoms with Crippen LogP contribution in [0.25, 0.3) is 0 Å². The van der Waals surface area contributed by atoms with Crippen molar-refractivity contribution in [3.05, 3.63) is 29.8 Å². The van der Waals surface area contributed by atoms with E-state index in [2.05, 4.69) is 5.16 Å². The van der Waals surface area contributed by atoms with Crippen LogP contribution in [0.4, 0.5) is 0 Å². The number of hydrogen-bond donors (Lipinski definition) is 3. The molecule has 0 aliphatic carbocycles. The summed E-state index contributed by atoms with van der Waals surface area (Å²) in [7, 11) is -3.38. The first-order chi connectivity index (χ1) is 9.92. The Balaban J connectivity index is 2.02. The van der Waals surface area contributed by atoms with E-state index in [9.17, 15) is 13.5 Å². The van der Waals surface area contributed by atoms with E-state index in [0.29, 0.717) is 25.1 Å². The predicted molar refractivity (Wildman–Crippen MR) is 78.1 cm³/mol. The molecule has 0 saturated carbocycles. The molecule has 1 aromatic carbocycles. The molecule has 1 saturated heterocycles. The van der Waals surface area contributed by atoms with Gasteiger partial charge in [-0.1, -0.05) is 5.16 Å². The van der Waals surface area contributed by atoms with Gasteiger partial charge in [0.1, 0.15) is 0 Å². The standard InChI is InChI=1S/C13H19N3O4S/c14-13(15-18)10-1-3-12(4-2-10)21(19,20)8-7-16-6-5-11(17)9-16/h1-4,11,17-18H,5-9H2,(H2,14,15). The maximum absolute atomic E-state index is 12.2. The number of β-amino-alcohol motifs (C(OH)–C–C–N with tert-alkyl or cyclic N) is 1. The molecule has 8 heteroatoms. The monoisotopic (exact) mass is 313 g/mol. The third kappa shape index (κ3) is 3.93. The van der Waals surface area contributed by atoms with E-state index in [1.54, 1.807) is 0 Å². The topological polar surface area (TPSA) is 116 Å². The third-order valence-electron chi connectivity index (χ3n) is 3.54. The first kappa shape index (κ1) is 15.7. The Bertz CT molecular complexity index is 613. The molecule has 21 heavy (non-hydrogen) atoms. The second-order valence-corrected chi connectivity index (χ2v) is 7.18. The number of nitrogens with zero attached hydrogens (tertiary/aromatic N) is 2. The van der Waals surface area contributed by atoms with Gasteiger partial charge in [0.15, 0.2) is 15.7 Å². The first-order valence-electron chi connectivity index (χ1n) is 6.63. The molecular formula is C13H19N3O4S. The van der Waals surface area contributed by atoms with Crippen LogP contribution >= 0.6 is 0 Å². The van der Waals surface area contributed by atoms with E-state index in [-0.39, 0.29) is 22.6 Å². The highest BCUT2D eigenvalue weighted by atomic mass is 32.2. The van der Waals surface area contributed by atoms with Crippen LogP contribution in [0.5, 0.6) is 0 Å². The Morgan fingerprint density at radius 2 is 2.05 bits per heavy atom. The molecule has 0 aromatic heterocycles. The Morgan fingerprint density at radius 1 is 1.38 bits per heavy atom. The van der Waals surface area contributed by atoms with Crippen molar-refractivity contribution in [2.75, 3.05) is 25.4 Å². The first-order valence-corrected chi connectivity index (χ1v) is 8.29. The van der Waals surface area contributed by atoms with Crippen molar-refractivity contribution < 1.29 is 18.7 Å². The second kappa shape index (κ2) is 6.42. The lowest BCUT2D eigenvalue weighted by molar-refractivity contribution is 0.178. The van der Waals surface area contributed by atoms with Gasteiger partial charge in [-0.15, -0.1) is 0 Å². The molecule has 1 aliphatic heterocycles. The third-order valence-corrected chi connectivity index (χ3v) is 5.25. The van der Waals surface area contributed by atoms with Crippen LogP contribution < -0.4 is 5.73 Å². The minimum atomic E-state index is -3.38. The van der Waals surface area contributed by atoms with Crippen LogP contribution in [0.3, 0.4) is 0 Å². The van der Waals surface area contributed by atoms with Gasteiger partial charge in [0.05, 0.1) is 16.8 Å². The molecule has 0 amide bonds. The van der Waals surface area contributed by atoms with Crippen molar-refractivity contribution in [3.63, 3.8) is 0 Å². The van der Waals surface area contributed by atoms with E-state index >= 15 is 0 Å². The van der Waals surface area contributed by atoms with Crippen LogP contribution in [0.2, 0.25) is 0 Å². The maximum atomic E-state index is 12.2. The summed E-state index contributed by atoms with van der Waals surface area (Å²) in [6.07, 6.45) is 0.335. The van der Waals surface area contributed by atoms with Crippen molar-refractivity contribution >= 4 is 15.7 Å². The SMILES string of the molecule is N/C(=N/O)c1ccc(S(=O)(=O)CCN2CCC(O)C2)cc1. The maximum Gasteiger partial charge on any atom is 0.179 e. The highest BCUT2D eigenvalue weighted by Gasteiger charge is 2.22. The lowest BCUT2D eigenvalue weighted by Crippen LogP contribution is -2.28. The van der Waals surface area contributed by atoms with Gasteiger partial charge in [-0.3, -0.25) is 4.90 Å². The van der Waals surface area contributed by atoms with Gasteiger partial charge in [0.2, 0.25) is 0 Å². The summed E-state index contributed by atoms with van der Waals surface area (Å²) >= 11 is 0.